The van der Waals surface area contributed by atoms with E-state index in [2.05, 4.69) is 22.9 Å². The zero-order valence-electron chi connectivity index (χ0n) is 26.0. The molecule has 0 aliphatic rings. The van der Waals surface area contributed by atoms with Crippen molar-refractivity contribution in [2.45, 2.75) is 24.7 Å². The molecule has 4 aromatic carbocycles. The number of anilines is 2. The number of rotatable bonds is 15. The van der Waals surface area contributed by atoms with Crippen molar-refractivity contribution in [1.29, 1.82) is 0 Å². The first-order valence-electron chi connectivity index (χ1n) is 14.8. The number of unbranched alkanes of at least 4 members (excludes halogenated alkanes) is 1. The number of nitrogens with one attached hydrogen (secondary N) is 3. The van der Waals surface area contributed by atoms with Crippen LogP contribution >= 0.6 is 11.8 Å². The number of amides is 3. The van der Waals surface area contributed by atoms with Gasteiger partial charge in [-0.3, -0.25) is 14.4 Å². The molecular formula is C36H37N3O6S. The molecule has 238 valence electrons. The molecule has 9 nitrogen and oxygen atoms in total. The Balaban J connectivity index is 1.39. The summed E-state index contributed by atoms with van der Waals surface area (Å²) in [6.45, 7) is 2.78. The third-order valence-corrected chi connectivity index (χ3v) is 7.66. The normalized spacial score (nSPS) is 10.9. The summed E-state index contributed by atoms with van der Waals surface area (Å²) in [5.74, 6) is 0.774. The maximum absolute atomic E-state index is 13.5. The second-order valence-corrected chi connectivity index (χ2v) is 11.1. The van der Waals surface area contributed by atoms with Crippen LogP contribution in [0.1, 0.15) is 35.7 Å². The highest BCUT2D eigenvalue weighted by Crippen LogP contribution is 2.32. The topological polar surface area (TPSA) is 115 Å². The Hall–Kier alpha value is -5.22. The molecule has 0 aromatic heterocycles. The van der Waals surface area contributed by atoms with Gasteiger partial charge in [-0.05, 0) is 79.2 Å². The fourth-order valence-electron chi connectivity index (χ4n) is 4.27. The first-order valence-corrected chi connectivity index (χ1v) is 15.7. The van der Waals surface area contributed by atoms with Crippen LogP contribution in [0, 0.1) is 0 Å². The monoisotopic (exact) mass is 639 g/mol. The fourth-order valence-corrected chi connectivity index (χ4v) is 4.97. The summed E-state index contributed by atoms with van der Waals surface area (Å²) in [6.07, 6.45) is 3.60. The molecule has 10 heteroatoms. The minimum absolute atomic E-state index is 0.0103. The molecular weight excluding hydrogens is 602 g/mol. The molecule has 0 saturated carbocycles. The molecule has 4 rings (SSSR count). The van der Waals surface area contributed by atoms with Crippen LogP contribution in [0.2, 0.25) is 0 Å². The maximum atomic E-state index is 13.5. The van der Waals surface area contributed by atoms with Gasteiger partial charge in [-0.1, -0.05) is 43.7 Å². The lowest BCUT2D eigenvalue weighted by molar-refractivity contribution is -0.114. The van der Waals surface area contributed by atoms with E-state index in [1.807, 2.05) is 36.4 Å². The number of ether oxygens (including phenoxy) is 3. The standard InChI is InChI=1S/C36H37N3O6S/c1-4-5-22-45-29-18-14-27(15-19-29)37-33(40)24-46-30-20-16-28(17-21-30)38-36(42)31(39-35(41)25-10-7-6-8-11-25)23-26-12-9-13-32(43-2)34(26)44-3/h6-21,23H,4-5,22,24H2,1-3H3,(H,37,40)(H,38,42)(H,39,41)/b31-23-. The highest BCUT2D eigenvalue weighted by atomic mass is 32.2. The third-order valence-electron chi connectivity index (χ3n) is 6.65. The lowest BCUT2D eigenvalue weighted by Gasteiger charge is -2.14. The summed E-state index contributed by atoms with van der Waals surface area (Å²) in [4.78, 5) is 39.8. The van der Waals surface area contributed by atoms with E-state index >= 15 is 0 Å². The largest absolute Gasteiger partial charge is 0.494 e. The number of thioether (sulfide) groups is 1. The first kappa shape index (κ1) is 33.7. The highest BCUT2D eigenvalue weighted by Gasteiger charge is 2.17. The van der Waals surface area contributed by atoms with Gasteiger partial charge in [0.25, 0.3) is 11.8 Å². The minimum Gasteiger partial charge on any atom is -0.494 e. The van der Waals surface area contributed by atoms with Crippen molar-refractivity contribution in [2.75, 3.05) is 37.2 Å². The number of hydrogen-bond acceptors (Lipinski definition) is 7. The van der Waals surface area contributed by atoms with Gasteiger partial charge in [0.15, 0.2) is 11.5 Å². The average Bonchev–Trinajstić information content (AvgIpc) is 3.08. The number of para-hydroxylation sites is 1. The maximum Gasteiger partial charge on any atom is 0.272 e. The lowest BCUT2D eigenvalue weighted by atomic mass is 10.1. The van der Waals surface area contributed by atoms with E-state index in [1.54, 1.807) is 60.7 Å². The van der Waals surface area contributed by atoms with Gasteiger partial charge in [0, 0.05) is 27.4 Å². The molecule has 0 aliphatic heterocycles. The second-order valence-electron chi connectivity index (χ2n) is 10.0. The van der Waals surface area contributed by atoms with Crippen LogP contribution in [-0.4, -0.2) is 44.3 Å². The summed E-state index contributed by atoms with van der Waals surface area (Å²) in [6, 6.07) is 28.3. The molecule has 0 saturated heterocycles. The summed E-state index contributed by atoms with van der Waals surface area (Å²) in [5, 5.41) is 8.45. The predicted molar refractivity (Wildman–Crippen MR) is 183 cm³/mol. The number of benzene rings is 4. The third kappa shape index (κ3) is 9.90. The van der Waals surface area contributed by atoms with Crippen LogP contribution in [-0.2, 0) is 9.59 Å². The Morgan fingerprint density at radius 3 is 2.15 bits per heavy atom. The second kappa shape index (κ2) is 17.3. The lowest BCUT2D eigenvalue weighted by Crippen LogP contribution is -2.30. The molecule has 0 atom stereocenters. The SMILES string of the molecule is CCCCOc1ccc(NC(=O)CSc2ccc(NC(=O)/C(=C/c3cccc(OC)c3OC)NC(=O)c3ccccc3)cc2)cc1. The van der Waals surface area contributed by atoms with Gasteiger partial charge < -0.3 is 30.2 Å². The molecule has 0 bridgehead atoms. The minimum atomic E-state index is -0.532. The van der Waals surface area contributed by atoms with Crippen molar-refractivity contribution in [3.63, 3.8) is 0 Å². The Bertz CT molecular complexity index is 1640. The number of hydrogen-bond donors (Lipinski definition) is 3. The molecule has 0 fully saturated rings. The quantitative estimate of drug-likeness (QED) is 0.0727. The van der Waals surface area contributed by atoms with Crippen LogP contribution in [0.25, 0.3) is 6.08 Å². The Morgan fingerprint density at radius 2 is 1.48 bits per heavy atom. The van der Waals surface area contributed by atoms with Crippen molar-refractivity contribution >= 4 is 46.9 Å². The van der Waals surface area contributed by atoms with E-state index in [-0.39, 0.29) is 17.4 Å². The van der Waals surface area contributed by atoms with Gasteiger partial charge in [-0.2, -0.15) is 0 Å². The molecule has 46 heavy (non-hydrogen) atoms. The molecule has 4 aromatic rings. The molecule has 0 aliphatic carbocycles. The van der Waals surface area contributed by atoms with Crippen LogP contribution in [0.4, 0.5) is 11.4 Å². The highest BCUT2D eigenvalue weighted by molar-refractivity contribution is 8.00. The van der Waals surface area contributed by atoms with E-state index in [0.29, 0.717) is 40.6 Å². The number of carbonyl (C=O) groups excluding carboxylic acids is 3. The van der Waals surface area contributed by atoms with Crippen molar-refractivity contribution in [1.82, 2.24) is 5.32 Å². The molecule has 0 radical (unpaired) electrons. The van der Waals surface area contributed by atoms with Crippen molar-refractivity contribution < 1.29 is 28.6 Å². The van der Waals surface area contributed by atoms with Gasteiger partial charge in [-0.25, -0.2) is 0 Å². The van der Waals surface area contributed by atoms with Crippen molar-refractivity contribution in [3.8, 4) is 17.2 Å². The smallest absolute Gasteiger partial charge is 0.272 e. The van der Waals surface area contributed by atoms with Crippen LogP contribution in [0.15, 0.2) is 108 Å². The molecule has 0 spiro atoms. The van der Waals surface area contributed by atoms with E-state index in [0.717, 1.165) is 23.5 Å². The summed E-state index contributed by atoms with van der Waals surface area (Å²) in [5.41, 5.74) is 2.16. The predicted octanol–water partition coefficient (Wildman–Crippen LogP) is 7.02. The number of methoxy groups -OCH3 is 2. The van der Waals surface area contributed by atoms with Crippen LogP contribution < -0.4 is 30.2 Å². The number of carbonyl (C=O) groups is 3. The molecule has 0 heterocycles. The van der Waals surface area contributed by atoms with E-state index < -0.39 is 11.8 Å². The van der Waals surface area contributed by atoms with Crippen LogP contribution in [0.5, 0.6) is 17.2 Å². The van der Waals surface area contributed by atoms with Crippen molar-refractivity contribution in [3.05, 3.63) is 114 Å². The Morgan fingerprint density at radius 1 is 0.783 bits per heavy atom. The van der Waals surface area contributed by atoms with E-state index in [9.17, 15) is 14.4 Å². The molecule has 0 unspecified atom stereocenters. The van der Waals surface area contributed by atoms with Gasteiger partial charge in [0.1, 0.15) is 11.4 Å². The zero-order valence-corrected chi connectivity index (χ0v) is 26.8. The van der Waals surface area contributed by atoms with Gasteiger partial charge in [0.2, 0.25) is 5.91 Å². The Kier molecular flexibility index (Phi) is 12.7. The van der Waals surface area contributed by atoms with Gasteiger partial charge in [0.05, 0.1) is 26.6 Å². The van der Waals surface area contributed by atoms with Gasteiger partial charge >= 0.3 is 0 Å². The fraction of sp³-hybridized carbons (Fsp3) is 0.194. The average molecular weight is 640 g/mol. The first-order chi connectivity index (χ1) is 22.4. The van der Waals surface area contributed by atoms with Crippen molar-refractivity contribution in [2.24, 2.45) is 0 Å². The zero-order chi connectivity index (χ0) is 32.7. The van der Waals surface area contributed by atoms with E-state index in [4.69, 9.17) is 14.2 Å². The van der Waals surface area contributed by atoms with E-state index in [1.165, 1.54) is 32.1 Å². The van der Waals surface area contributed by atoms with Gasteiger partial charge in [-0.15, -0.1) is 11.8 Å². The summed E-state index contributed by atoms with van der Waals surface area (Å²) < 4.78 is 16.6. The molecule has 3 N–H and O–H groups in total. The Labute approximate surface area is 273 Å². The summed E-state index contributed by atoms with van der Waals surface area (Å²) in [7, 11) is 3.02. The summed E-state index contributed by atoms with van der Waals surface area (Å²) >= 11 is 1.37. The van der Waals surface area contributed by atoms with Crippen LogP contribution in [0.3, 0.4) is 0 Å². The molecule has 3 amide bonds.